The van der Waals surface area contributed by atoms with Gasteiger partial charge in [-0.05, 0) is 83.5 Å². The molecule has 0 aliphatic heterocycles. The van der Waals surface area contributed by atoms with Crippen molar-refractivity contribution in [2.45, 2.75) is 290 Å². The van der Waals surface area contributed by atoms with Crippen LogP contribution in [-0.4, -0.2) is 37.2 Å². The molecule has 382 valence electrons. The first-order chi connectivity index (χ1) is 32.5. The van der Waals surface area contributed by atoms with Crippen LogP contribution in [0, 0.1) is 0 Å². The number of rotatable bonds is 51. The summed E-state index contributed by atoms with van der Waals surface area (Å²) in [5, 5.41) is 0. The molecule has 0 aliphatic rings. The highest BCUT2D eigenvalue weighted by molar-refractivity contribution is 5.71. The van der Waals surface area contributed by atoms with Gasteiger partial charge < -0.3 is 14.2 Å². The van der Waals surface area contributed by atoms with Crippen LogP contribution >= 0.6 is 0 Å². The van der Waals surface area contributed by atoms with Crippen LogP contribution in [0.25, 0.3) is 0 Å². The summed E-state index contributed by atoms with van der Waals surface area (Å²) in [5.74, 6) is -0.896. The highest BCUT2D eigenvalue weighted by atomic mass is 16.6. The van der Waals surface area contributed by atoms with Crippen molar-refractivity contribution >= 4 is 17.9 Å². The number of hydrogen-bond donors (Lipinski definition) is 0. The number of esters is 3. The Hall–Kier alpha value is -2.89. The van der Waals surface area contributed by atoms with Gasteiger partial charge in [0.1, 0.15) is 13.2 Å². The van der Waals surface area contributed by atoms with Gasteiger partial charge in [0.2, 0.25) is 0 Å². The number of unbranched alkanes of at least 4 members (excludes halogenated alkanes) is 30. The molecule has 0 aromatic carbocycles. The van der Waals surface area contributed by atoms with Crippen molar-refractivity contribution in [2.75, 3.05) is 13.2 Å². The Morgan fingerprint density at radius 1 is 0.318 bits per heavy atom. The Balaban J connectivity index is 4.39. The first kappa shape index (κ1) is 63.1. The lowest BCUT2D eigenvalue weighted by atomic mass is 10.0. The highest BCUT2D eigenvalue weighted by Crippen LogP contribution is 2.16. The second-order valence-electron chi connectivity index (χ2n) is 18.8. The lowest BCUT2D eigenvalue weighted by Crippen LogP contribution is -2.30. The van der Waals surface area contributed by atoms with E-state index in [0.717, 1.165) is 109 Å². The Kier molecular flexibility index (Phi) is 52.3. The molecule has 0 heterocycles. The molecule has 0 fully saturated rings. The van der Waals surface area contributed by atoms with Crippen LogP contribution in [0.3, 0.4) is 0 Å². The first-order valence-corrected chi connectivity index (χ1v) is 28.3. The zero-order valence-electron chi connectivity index (χ0n) is 43.7. The molecule has 0 aromatic rings. The molecular formula is C60H106O6. The molecule has 0 amide bonds. The van der Waals surface area contributed by atoms with Crippen LogP contribution < -0.4 is 0 Å². The van der Waals surface area contributed by atoms with Gasteiger partial charge >= 0.3 is 17.9 Å². The smallest absolute Gasteiger partial charge is 0.306 e. The SMILES string of the molecule is CC/C=C\C/C=C\C/C=C\CCCCCCCC(=O)OC(COC(=O)CCCCCCCCC/C=C\C/C=C\CCCCCC)COC(=O)CCCCCCCCCCCCCCCCC. The van der Waals surface area contributed by atoms with Crippen molar-refractivity contribution in [1.29, 1.82) is 0 Å². The van der Waals surface area contributed by atoms with Gasteiger partial charge in [0.15, 0.2) is 6.10 Å². The molecule has 66 heavy (non-hydrogen) atoms. The summed E-state index contributed by atoms with van der Waals surface area (Å²) in [5.41, 5.74) is 0. The van der Waals surface area contributed by atoms with Gasteiger partial charge in [0.05, 0.1) is 0 Å². The number of allylic oxidation sites excluding steroid dienone is 10. The highest BCUT2D eigenvalue weighted by Gasteiger charge is 2.19. The van der Waals surface area contributed by atoms with E-state index in [1.54, 1.807) is 0 Å². The molecule has 6 heteroatoms. The predicted molar refractivity (Wildman–Crippen MR) is 284 cm³/mol. The molecule has 0 saturated carbocycles. The maximum absolute atomic E-state index is 12.8. The average Bonchev–Trinajstić information content (AvgIpc) is 3.31. The standard InChI is InChI=1S/C60H106O6/c1-4-7-10-13-16-19-22-25-28-29-30-33-35-38-41-44-47-50-53-59(62)65-56-57(66-60(63)54-51-48-45-42-39-36-32-27-24-21-18-15-12-9-6-3)55-64-58(61)52-49-46-43-40-37-34-31-26-23-20-17-14-11-8-5-2/h9,12,18-19,21-22,27-29,32,57H,4-8,10-11,13-17,20,23-26,30-31,33-56H2,1-3H3/b12-9-,21-18-,22-19-,29-28-,32-27-. The van der Waals surface area contributed by atoms with E-state index in [4.69, 9.17) is 14.2 Å². The van der Waals surface area contributed by atoms with Crippen molar-refractivity contribution in [3.8, 4) is 0 Å². The molecule has 1 unspecified atom stereocenters. The van der Waals surface area contributed by atoms with Crippen LogP contribution in [0.5, 0.6) is 0 Å². The van der Waals surface area contributed by atoms with Gasteiger partial charge in [-0.1, -0.05) is 242 Å². The zero-order chi connectivity index (χ0) is 47.9. The number of ether oxygens (including phenoxy) is 3. The summed E-state index contributed by atoms with van der Waals surface area (Å²) in [7, 11) is 0. The Morgan fingerprint density at radius 3 is 0.939 bits per heavy atom. The molecule has 0 spiro atoms. The first-order valence-electron chi connectivity index (χ1n) is 28.3. The van der Waals surface area contributed by atoms with Gasteiger partial charge in [-0.3, -0.25) is 14.4 Å². The third-order valence-electron chi connectivity index (χ3n) is 12.3. The molecule has 0 aliphatic carbocycles. The van der Waals surface area contributed by atoms with Crippen molar-refractivity contribution in [3.05, 3.63) is 60.8 Å². The van der Waals surface area contributed by atoms with E-state index in [9.17, 15) is 14.4 Å². The maximum atomic E-state index is 12.8. The van der Waals surface area contributed by atoms with Crippen LogP contribution in [0.4, 0.5) is 0 Å². The Labute approximate surface area is 409 Å². The lowest BCUT2D eigenvalue weighted by Gasteiger charge is -2.18. The molecular weight excluding hydrogens is 817 g/mol. The van der Waals surface area contributed by atoms with Gasteiger partial charge in [-0.25, -0.2) is 0 Å². The van der Waals surface area contributed by atoms with Gasteiger partial charge in [-0.15, -0.1) is 0 Å². The molecule has 6 nitrogen and oxygen atoms in total. The second kappa shape index (κ2) is 54.7. The minimum atomic E-state index is -0.785. The maximum Gasteiger partial charge on any atom is 0.306 e. The largest absolute Gasteiger partial charge is 0.462 e. The van der Waals surface area contributed by atoms with E-state index in [2.05, 4.69) is 81.5 Å². The van der Waals surface area contributed by atoms with E-state index < -0.39 is 6.10 Å². The van der Waals surface area contributed by atoms with Crippen LogP contribution in [0.15, 0.2) is 60.8 Å². The van der Waals surface area contributed by atoms with E-state index in [0.29, 0.717) is 19.3 Å². The summed E-state index contributed by atoms with van der Waals surface area (Å²) >= 11 is 0. The van der Waals surface area contributed by atoms with Crippen molar-refractivity contribution < 1.29 is 28.6 Å². The van der Waals surface area contributed by atoms with E-state index in [-0.39, 0.29) is 31.1 Å². The number of hydrogen-bond acceptors (Lipinski definition) is 6. The summed E-state index contributed by atoms with van der Waals surface area (Å²) in [4.78, 5) is 38.1. The minimum Gasteiger partial charge on any atom is -0.462 e. The van der Waals surface area contributed by atoms with E-state index >= 15 is 0 Å². The predicted octanol–water partition coefficient (Wildman–Crippen LogP) is 18.8. The summed E-state index contributed by atoms with van der Waals surface area (Å²) in [6.07, 6.45) is 67.7. The Morgan fingerprint density at radius 2 is 0.591 bits per heavy atom. The normalized spacial score (nSPS) is 12.5. The average molecular weight is 924 g/mol. The van der Waals surface area contributed by atoms with E-state index in [1.165, 1.54) is 135 Å². The fourth-order valence-corrected chi connectivity index (χ4v) is 8.02. The van der Waals surface area contributed by atoms with Crippen molar-refractivity contribution in [1.82, 2.24) is 0 Å². The number of carbonyl (C=O) groups excluding carboxylic acids is 3. The van der Waals surface area contributed by atoms with Crippen molar-refractivity contribution in [2.24, 2.45) is 0 Å². The monoisotopic (exact) mass is 923 g/mol. The topological polar surface area (TPSA) is 78.9 Å². The van der Waals surface area contributed by atoms with Crippen LogP contribution in [-0.2, 0) is 28.6 Å². The van der Waals surface area contributed by atoms with E-state index in [1.807, 2.05) is 0 Å². The third-order valence-corrected chi connectivity index (χ3v) is 12.3. The van der Waals surface area contributed by atoms with Crippen LogP contribution in [0.2, 0.25) is 0 Å². The third kappa shape index (κ3) is 52.1. The fraction of sp³-hybridized carbons (Fsp3) is 0.783. The lowest BCUT2D eigenvalue weighted by molar-refractivity contribution is -0.167. The molecule has 0 N–H and O–H groups in total. The Bertz CT molecular complexity index is 1200. The zero-order valence-corrected chi connectivity index (χ0v) is 43.7. The van der Waals surface area contributed by atoms with Gasteiger partial charge in [0, 0.05) is 19.3 Å². The molecule has 0 saturated heterocycles. The van der Waals surface area contributed by atoms with Crippen molar-refractivity contribution in [3.63, 3.8) is 0 Å². The molecule has 0 radical (unpaired) electrons. The molecule has 0 rings (SSSR count). The summed E-state index contributed by atoms with van der Waals surface area (Å²) in [6, 6.07) is 0. The van der Waals surface area contributed by atoms with Gasteiger partial charge in [0.25, 0.3) is 0 Å². The second-order valence-corrected chi connectivity index (χ2v) is 18.8. The fourth-order valence-electron chi connectivity index (χ4n) is 8.02. The quantitative estimate of drug-likeness (QED) is 0.0262. The molecule has 1 atom stereocenters. The summed E-state index contributed by atoms with van der Waals surface area (Å²) < 4.78 is 16.8. The molecule has 0 bridgehead atoms. The van der Waals surface area contributed by atoms with Crippen LogP contribution in [0.1, 0.15) is 284 Å². The summed E-state index contributed by atoms with van der Waals surface area (Å²) in [6.45, 7) is 6.52. The van der Waals surface area contributed by atoms with Gasteiger partial charge in [-0.2, -0.15) is 0 Å². The number of carbonyl (C=O) groups is 3. The molecule has 0 aromatic heterocycles. The minimum absolute atomic E-state index is 0.0815.